The van der Waals surface area contributed by atoms with Crippen molar-refractivity contribution >= 4 is 10.1 Å². The smallest absolute Gasteiger partial charge is 0.748 e. The van der Waals surface area contributed by atoms with Gasteiger partial charge in [-0.25, -0.2) is 8.42 Å². The number of rotatable bonds is 20. The Morgan fingerprint density at radius 2 is 1.00 bits per heavy atom. The van der Waals surface area contributed by atoms with E-state index in [1.54, 1.807) is 0 Å². The average Bonchev–Trinajstić information content (AvgIpc) is 2.61. The third-order valence-electron chi connectivity index (χ3n) is 5.49. The summed E-state index contributed by atoms with van der Waals surface area (Å²) in [5.74, 6) is 0. The van der Waals surface area contributed by atoms with E-state index in [2.05, 4.69) is 13.8 Å². The van der Waals surface area contributed by atoms with Gasteiger partial charge in [-0.15, -0.1) is 0 Å². The largest absolute Gasteiger partial charge is 1.00 e. The van der Waals surface area contributed by atoms with Crippen LogP contribution in [-0.2, 0) is 10.1 Å². The standard InChI is InChI=1S/C22H46O4S.K/c1-3-5-7-9-11-13-15-19-22(27(24,25)26)20-16-18-21(23)17-14-12-10-8-6-4-2;/h21-23H,3-20H2,1-2H3,(H,24,25,26);/q;+1/p-1. The first-order chi connectivity index (χ1) is 12.9. The molecule has 0 aromatic rings. The molecule has 6 heteroatoms. The molecule has 0 aliphatic rings. The maximum absolute atomic E-state index is 11.5. The molecule has 0 rings (SSSR count). The van der Waals surface area contributed by atoms with E-state index in [1.165, 1.54) is 51.4 Å². The van der Waals surface area contributed by atoms with Crippen LogP contribution in [0.5, 0.6) is 0 Å². The van der Waals surface area contributed by atoms with E-state index >= 15 is 0 Å². The zero-order valence-corrected chi connectivity index (χ0v) is 22.9. The molecule has 0 fully saturated rings. The molecule has 0 bridgehead atoms. The van der Waals surface area contributed by atoms with Crippen LogP contribution in [0.15, 0.2) is 0 Å². The Kier molecular flexibility index (Phi) is 24.6. The molecule has 2 unspecified atom stereocenters. The molecule has 0 aliphatic heterocycles. The van der Waals surface area contributed by atoms with Crippen molar-refractivity contribution in [3.63, 3.8) is 0 Å². The summed E-state index contributed by atoms with van der Waals surface area (Å²) >= 11 is 0. The van der Waals surface area contributed by atoms with Gasteiger partial charge in [0.1, 0.15) is 0 Å². The van der Waals surface area contributed by atoms with Gasteiger partial charge in [-0.3, -0.25) is 0 Å². The maximum atomic E-state index is 11.5. The fraction of sp³-hybridized carbons (Fsp3) is 1.00. The van der Waals surface area contributed by atoms with Gasteiger partial charge in [0.05, 0.1) is 16.2 Å². The van der Waals surface area contributed by atoms with Crippen molar-refractivity contribution in [3.05, 3.63) is 0 Å². The van der Waals surface area contributed by atoms with Crippen LogP contribution in [0.25, 0.3) is 0 Å². The molecule has 4 nitrogen and oxygen atoms in total. The summed E-state index contributed by atoms with van der Waals surface area (Å²) in [6, 6.07) is 0. The van der Waals surface area contributed by atoms with E-state index in [4.69, 9.17) is 0 Å². The topological polar surface area (TPSA) is 77.4 Å². The first-order valence-electron chi connectivity index (χ1n) is 11.5. The van der Waals surface area contributed by atoms with Gasteiger partial charge >= 0.3 is 51.4 Å². The number of hydrogen-bond donors (Lipinski definition) is 1. The van der Waals surface area contributed by atoms with Crippen molar-refractivity contribution in [1.82, 2.24) is 0 Å². The van der Waals surface area contributed by atoms with Crippen LogP contribution in [-0.4, -0.2) is 29.4 Å². The van der Waals surface area contributed by atoms with Gasteiger partial charge < -0.3 is 9.66 Å². The predicted molar refractivity (Wildman–Crippen MR) is 114 cm³/mol. The number of aliphatic hydroxyl groups is 1. The Hall–Kier alpha value is 1.51. The third kappa shape index (κ3) is 20.8. The summed E-state index contributed by atoms with van der Waals surface area (Å²) in [5, 5.41) is 9.29. The zero-order valence-electron chi connectivity index (χ0n) is 19.0. The van der Waals surface area contributed by atoms with Crippen molar-refractivity contribution in [2.24, 2.45) is 0 Å². The van der Waals surface area contributed by atoms with Crippen LogP contribution in [0.4, 0.5) is 0 Å². The Morgan fingerprint density at radius 3 is 1.46 bits per heavy atom. The molecule has 2 atom stereocenters. The Labute approximate surface area is 218 Å². The molecule has 0 radical (unpaired) electrons. The molecular weight excluding hydrogens is 399 g/mol. The van der Waals surface area contributed by atoms with Crippen LogP contribution < -0.4 is 51.4 Å². The van der Waals surface area contributed by atoms with E-state index in [0.717, 1.165) is 38.5 Å². The quantitative estimate of drug-likeness (QED) is 0.177. The van der Waals surface area contributed by atoms with Gasteiger partial charge in [0.2, 0.25) is 0 Å². The van der Waals surface area contributed by atoms with Gasteiger partial charge in [0.15, 0.2) is 0 Å². The first-order valence-corrected chi connectivity index (χ1v) is 13.0. The average molecular weight is 445 g/mol. The molecule has 0 aromatic heterocycles. The summed E-state index contributed by atoms with van der Waals surface area (Å²) in [4.78, 5) is 0. The molecule has 164 valence electrons. The molecule has 0 saturated carbocycles. The molecule has 1 N–H and O–H groups in total. The van der Waals surface area contributed by atoms with E-state index in [0.29, 0.717) is 25.7 Å². The van der Waals surface area contributed by atoms with Crippen molar-refractivity contribution in [2.75, 3.05) is 0 Å². The summed E-state index contributed by atoms with van der Waals surface area (Å²) in [7, 11) is -4.23. The van der Waals surface area contributed by atoms with Gasteiger partial charge in [0.25, 0.3) is 0 Å². The number of unbranched alkanes of at least 4 members (excludes halogenated alkanes) is 11. The van der Waals surface area contributed by atoms with Gasteiger partial charge in [-0.05, 0) is 32.1 Å². The van der Waals surface area contributed by atoms with Gasteiger partial charge in [-0.1, -0.05) is 97.3 Å². The van der Waals surface area contributed by atoms with Gasteiger partial charge in [-0.2, -0.15) is 0 Å². The van der Waals surface area contributed by atoms with Crippen molar-refractivity contribution < 1.29 is 69.5 Å². The van der Waals surface area contributed by atoms with Crippen LogP contribution in [0.1, 0.15) is 129 Å². The fourth-order valence-electron chi connectivity index (χ4n) is 3.65. The normalized spacial score (nSPS) is 13.9. The van der Waals surface area contributed by atoms with Crippen LogP contribution in [0.2, 0.25) is 0 Å². The summed E-state index contributed by atoms with van der Waals surface area (Å²) < 4.78 is 34.5. The fourth-order valence-corrected chi connectivity index (χ4v) is 4.56. The summed E-state index contributed by atoms with van der Waals surface area (Å²) in [6.45, 7) is 4.39. The molecule has 0 aliphatic carbocycles. The Bertz CT molecular complexity index is 415. The van der Waals surface area contributed by atoms with Crippen molar-refractivity contribution in [3.8, 4) is 0 Å². The molecule has 28 heavy (non-hydrogen) atoms. The summed E-state index contributed by atoms with van der Waals surface area (Å²) in [5.41, 5.74) is 0. The number of aliphatic hydroxyl groups excluding tert-OH is 1. The minimum absolute atomic E-state index is 0. The molecule has 0 spiro atoms. The van der Waals surface area contributed by atoms with Crippen LogP contribution >= 0.6 is 0 Å². The second-order valence-corrected chi connectivity index (χ2v) is 9.82. The monoisotopic (exact) mass is 444 g/mol. The second-order valence-electron chi connectivity index (χ2n) is 8.17. The minimum atomic E-state index is -4.23. The van der Waals surface area contributed by atoms with E-state index < -0.39 is 15.4 Å². The van der Waals surface area contributed by atoms with E-state index in [-0.39, 0.29) is 57.5 Å². The molecule has 0 saturated heterocycles. The van der Waals surface area contributed by atoms with E-state index in [1.807, 2.05) is 0 Å². The minimum Gasteiger partial charge on any atom is -0.748 e. The molecule has 0 heterocycles. The summed E-state index contributed by atoms with van der Waals surface area (Å²) in [6.07, 6.45) is 17.7. The Balaban J connectivity index is 0. The number of hydrogen-bond acceptors (Lipinski definition) is 4. The Morgan fingerprint density at radius 1 is 0.643 bits per heavy atom. The van der Waals surface area contributed by atoms with Crippen molar-refractivity contribution in [2.45, 2.75) is 141 Å². The van der Waals surface area contributed by atoms with Crippen LogP contribution in [0, 0.1) is 0 Å². The molecular formula is C22H45KO4S. The van der Waals surface area contributed by atoms with Crippen LogP contribution in [0.3, 0.4) is 0 Å². The zero-order chi connectivity index (χ0) is 20.4. The maximum Gasteiger partial charge on any atom is 1.00 e. The molecule has 0 aromatic carbocycles. The first kappa shape index (κ1) is 31.7. The predicted octanol–water partition coefficient (Wildman–Crippen LogP) is 3.33. The van der Waals surface area contributed by atoms with E-state index in [9.17, 15) is 18.1 Å². The molecule has 0 amide bonds. The van der Waals surface area contributed by atoms with Crippen molar-refractivity contribution in [1.29, 1.82) is 0 Å². The second kappa shape index (κ2) is 21.7. The SMILES string of the molecule is CCCCCCCCCC(CCCC(O)CCCCCCCC)S(=O)(=O)[O-].[K+]. The van der Waals surface area contributed by atoms with Gasteiger partial charge in [0, 0.05) is 5.25 Å². The third-order valence-corrected chi connectivity index (χ3v) is 6.78.